The SMILES string of the molecule is CCOC(=O)C1=C(c2ccccc2)N=c2s/c(=C\c3cc(I)cc(I)c3OCc3ccc(C#N)cc3)c(=O)n2[C@@H]1c1ccc(F)cc1. The highest BCUT2D eigenvalue weighted by atomic mass is 127. The Kier molecular flexibility index (Phi) is 10.00. The minimum Gasteiger partial charge on any atom is -0.487 e. The number of benzene rings is 4. The second-order valence-electron chi connectivity index (χ2n) is 10.4. The van der Waals surface area contributed by atoms with Gasteiger partial charge in [-0.2, -0.15) is 5.26 Å². The van der Waals surface area contributed by atoms with Gasteiger partial charge >= 0.3 is 5.97 Å². The van der Waals surface area contributed by atoms with Gasteiger partial charge in [0.1, 0.15) is 18.2 Å². The van der Waals surface area contributed by atoms with Crippen LogP contribution in [0.25, 0.3) is 11.8 Å². The summed E-state index contributed by atoms with van der Waals surface area (Å²) in [4.78, 5) is 33.2. The molecule has 7 nitrogen and oxygen atoms in total. The number of hydrogen-bond acceptors (Lipinski definition) is 7. The Labute approximate surface area is 300 Å². The van der Waals surface area contributed by atoms with E-state index in [1.165, 1.54) is 28.0 Å². The zero-order valence-corrected chi connectivity index (χ0v) is 29.9. The summed E-state index contributed by atoms with van der Waals surface area (Å²) in [6, 6.07) is 27.3. The van der Waals surface area contributed by atoms with Gasteiger partial charge in [-0.3, -0.25) is 9.36 Å². The molecular weight excluding hydrogens is 843 g/mol. The van der Waals surface area contributed by atoms with E-state index in [1.807, 2.05) is 54.6 Å². The van der Waals surface area contributed by atoms with Crippen LogP contribution in [0.2, 0.25) is 0 Å². The topological polar surface area (TPSA) is 93.7 Å². The van der Waals surface area contributed by atoms with Crippen LogP contribution in [0, 0.1) is 24.3 Å². The Hall–Kier alpha value is -4.13. The summed E-state index contributed by atoms with van der Waals surface area (Å²) >= 11 is 5.64. The van der Waals surface area contributed by atoms with E-state index in [-0.39, 0.29) is 24.3 Å². The van der Waals surface area contributed by atoms with Crippen LogP contribution in [0.5, 0.6) is 5.75 Å². The Morgan fingerprint density at radius 3 is 2.47 bits per heavy atom. The van der Waals surface area contributed by atoms with Crippen LogP contribution in [0.4, 0.5) is 4.39 Å². The molecular formula is C36H24FI2N3O4S. The van der Waals surface area contributed by atoms with Crippen molar-refractivity contribution < 1.29 is 18.7 Å². The quantitative estimate of drug-likeness (QED) is 0.128. The van der Waals surface area contributed by atoms with Crippen molar-refractivity contribution >= 4 is 74.3 Å². The molecule has 0 spiro atoms. The van der Waals surface area contributed by atoms with E-state index < -0.39 is 17.8 Å². The average Bonchev–Trinajstić information content (AvgIpc) is 3.38. The van der Waals surface area contributed by atoms with Crippen molar-refractivity contribution in [2.45, 2.75) is 19.6 Å². The summed E-state index contributed by atoms with van der Waals surface area (Å²) in [7, 11) is 0. The number of carbonyl (C=O) groups is 1. The number of carbonyl (C=O) groups excluding carboxylic acids is 1. The van der Waals surface area contributed by atoms with Crippen molar-refractivity contribution in [3.05, 3.63) is 157 Å². The smallest absolute Gasteiger partial charge is 0.338 e. The number of aromatic nitrogens is 1. The predicted octanol–water partition coefficient (Wildman–Crippen LogP) is 6.73. The van der Waals surface area contributed by atoms with Gasteiger partial charge in [-0.25, -0.2) is 14.2 Å². The molecule has 0 saturated carbocycles. The molecule has 4 aromatic carbocycles. The molecule has 6 rings (SSSR count). The Bertz CT molecular complexity index is 2240. The fourth-order valence-corrected chi connectivity index (χ4v) is 8.25. The van der Waals surface area contributed by atoms with Gasteiger partial charge in [0.05, 0.1) is 43.7 Å². The monoisotopic (exact) mass is 867 g/mol. The maximum Gasteiger partial charge on any atom is 0.338 e. The fraction of sp³-hybridized carbons (Fsp3) is 0.111. The first-order valence-corrected chi connectivity index (χ1v) is 17.4. The largest absolute Gasteiger partial charge is 0.487 e. The standard InChI is InChI=1S/C36H24FI2N3O4S/c1-2-45-35(44)30-31(23-6-4-3-5-7-23)41-36-42(32(30)24-12-14-26(37)15-13-24)34(43)29(47-36)17-25-16-27(38)18-28(39)33(25)46-20-22-10-8-21(19-40)9-11-22/h3-18,32H,2,20H2,1H3/b29-17-/t32-/m1/s1. The molecule has 2 heterocycles. The molecule has 0 fully saturated rings. The van der Waals surface area contributed by atoms with Crippen molar-refractivity contribution in [1.82, 2.24) is 4.57 Å². The lowest BCUT2D eigenvalue weighted by Crippen LogP contribution is -2.40. The van der Waals surface area contributed by atoms with Crippen LogP contribution in [-0.2, 0) is 16.1 Å². The fourth-order valence-electron chi connectivity index (χ4n) is 5.21. The molecule has 5 aromatic rings. The first-order chi connectivity index (χ1) is 22.8. The molecule has 0 aliphatic carbocycles. The lowest BCUT2D eigenvalue weighted by molar-refractivity contribution is -0.138. The number of nitrogens with zero attached hydrogens (tertiary/aromatic N) is 3. The van der Waals surface area contributed by atoms with E-state index in [4.69, 9.17) is 19.7 Å². The highest BCUT2D eigenvalue weighted by Crippen LogP contribution is 2.35. The molecule has 1 atom stereocenters. The van der Waals surface area contributed by atoms with Gasteiger partial charge in [-0.15, -0.1) is 0 Å². The second-order valence-corrected chi connectivity index (χ2v) is 13.8. The summed E-state index contributed by atoms with van der Waals surface area (Å²) in [5.41, 5.74) is 3.61. The molecule has 0 radical (unpaired) electrons. The first-order valence-electron chi connectivity index (χ1n) is 14.4. The Morgan fingerprint density at radius 1 is 1.06 bits per heavy atom. The van der Waals surface area contributed by atoms with Crippen LogP contribution < -0.4 is 19.6 Å². The molecule has 11 heteroatoms. The molecule has 1 aliphatic heterocycles. The molecule has 47 heavy (non-hydrogen) atoms. The Morgan fingerprint density at radius 2 is 1.79 bits per heavy atom. The summed E-state index contributed by atoms with van der Waals surface area (Å²) < 4.78 is 29.6. The van der Waals surface area contributed by atoms with E-state index in [1.54, 1.807) is 37.3 Å². The van der Waals surface area contributed by atoms with Crippen LogP contribution in [0.3, 0.4) is 0 Å². The second kappa shape index (κ2) is 14.3. The van der Waals surface area contributed by atoms with Gasteiger partial charge < -0.3 is 9.47 Å². The maximum atomic E-state index is 14.3. The summed E-state index contributed by atoms with van der Waals surface area (Å²) in [6.07, 6.45) is 1.78. The van der Waals surface area contributed by atoms with Crippen molar-refractivity contribution in [2.75, 3.05) is 6.61 Å². The lowest BCUT2D eigenvalue weighted by atomic mass is 9.93. The molecule has 0 N–H and O–H groups in total. The molecule has 1 aromatic heterocycles. The van der Waals surface area contributed by atoms with Gasteiger partial charge in [-0.05, 0) is 106 Å². The van der Waals surface area contributed by atoms with Crippen LogP contribution in [0.15, 0.2) is 106 Å². The number of fused-ring (bicyclic) bond motifs is 1. The van der Waals surface area contributed by atoms with Gasteiger partial charge in [0.25, 0.3) is 5.56 Å². The van der Waals surface area contributed by atoms with Crippen LogP contribution >= 0.6 is 56.5 Å². The maximum absolute atomic E-state index is 14.3. The predicted molar refractivity (Wildman–Crippen MR) is 195 cm³/mol. The van der Waals surface area contributed by atoms with Crippen molar-refractivity contribution in [1.29, 1.82) is 5.26 Å². The minimum atomic E-state index is -0.911. The van der Waals surface area contributed by atoms with Crippen molar-refractivity contribution in [3.8, 4) is 11.8 Å². The molecule has 0 bridgehead atoms. The van der Waals surface area contributed by atoms with E-state index in [0.29, 0.717) is 43.0 Å². The van der Waals surface area contributed by atoms with E-state index in [0.717, 1.165) is 12.7 Å². The third-order valence-corrected chi connectivity index (χ3v) is 9.76. The molecule has 234 valence electrons. The highest BCUT2D eigenvalue weighted by molar-refractivity contribution is 14.1. The summed E-state index contributed by atoms with van der Waals surface area (Å²) in [5.74, 6) is -0.439. The highest BCUT2D eigenvalue weighted by Gasteiger charge is 2.35. The third kappa shape index (κ3) is 6.95. The van der Waals surface area contributed by atoms with Gasteiger partial charge in [0.2, 0.25) is 0 Å². The molecule has 0 amide bonds. The van der Waals surface area contributed by atoms with Crippen molar-refractivity contribution in [2.24, 2.45) is 4.99 Å². The van der Waals surface area contributed by atoms with Crippen molar-refractivity contribution in [3.63, 3.8) is 0 Å². The number of esters is 1. The number of nitriles is 1. The number of hydrogen-bond donors (Lipinski definition) is 0. The summed E-state index contributed by atoms with van der Waals surface area (Å²) in [5, 5.41) is 9.13. The first kappa shape index (κ1) is 32.8. The third-order valence-electron chi connectivity index (χ3n) is 7.35. The lowest BCUT2D eigenvalue weighted by Gasteiger charge is -2.25. The molecule has 1 aliphatic rings. The number of thiazole rings is 1. The molecule has 0 unspecified atom stereocenters. The van der Waals surface area contributed by atoms with Gasteiger partial charge in [0.15, 0.2) is 4.80 Å². The van der Waals surface area contributed by atoms with E-state index in [9.17, 15) is 14.0 Å². The Balaban J connectivity index is 1.54. The zero-order chi connectivity index (χ0) is 33.1. The number of halogens is 3. The number of ether oxygens (including phenoxy) is 2. The van der Waals surface area contributed by atoms with Crippen LogP contribution in [0.1, 0.15) is 40.8 Å². The zero-order valence-electron chi connectivity index (χ0n) is 24.7. The minimum absolute atomic E-state index is 0.126. The van der Waals surface area contributed by atoms with Gasteiger partial charge in [-0.1, -0.05) is 65.9 Å². The van der Waals surface area contributed by atoms with Crippen LogP contribution in [-0.4, -0.2) is 17.1 Å². The molecule has 0 saturated heterocycles. The van der Waals surface area contributed by atoms with E-state index in [2.05, 4.69) is 51.3 Å². The van der Waals surface area contributed by atoms with Gasteiger partial charge in [0, 0.05) is 14.7 Å². The summed E-state index contributed by atoms with van der Waals surface area (Å²) in [6.45, 7) is 2.10. The average molecular weight is 867 g/mol. The number of rotatable bonds is 8. The normalized spacial score (nSPS) is 14.3. The van der Waals surface area contributed by atoms with E-state index >= 15 is 0 Å².